The lowest BCUT2D eigenvalue weighted by molar-refractivity contribution is 0.288. The third kappa shape index (κ3) is 4.22. The van der Waals surface area contributed by atoms with E-state index in [4.69, 9.17) is 0 Å². The fourth-order valence-corrected chi connectivity index (χ4v) is 4.14. The zero-order valence-electron chi connectivity index (χ0n) is 13.5. The fourth-order valence-electron chi connectivity index (χ4n) is 4.14. The van der Waals surface area contributed by atoms with Crippen molar-refractivity contribution in [2.24, 2.45) is 11.8 Å². The largest absolute Gasteiger partial charge is 0.297 e. The summed E-state index contributed by atoms with van der Waals surface area (Å²) in [4.78, 5) is 0. The van der Waals surface area contributed by atoms with Gasteiger partial charge in [0.05, 0.1) is 6.07 Å². The summed E-state index contributed by atoms with van der Waals surface area (Å²) in [7, 11) is 0. The average Bonchev–Trinajstić information content (AvgIpc) is 2.80. The van der Waals surface area contributed by atoms with E-state index in [1.165, 1.54) is 57.8 Å². The van der Waals surface area contributed by atoms with Gasteiger partial charge >= 0.3 is 0 Å². The van der Waals surface area contributed by atoms with Crippen LogP contribution in [0.2, 0.25) is 0 Å². The Morgan fingerprint density at radius 1 is 0.950 bits per heavy atom. The minimum atomic E-state index is -0.224. The highest BCUT2D eigenvalue weighted by molar-refractivity contribution is 5.09. The summed E-state index contributed by atoms with van der Waals surface area (Å²) in [5.74, 6) is 1.59. The van der Waals surface area contributed by atoms with E-state index in [2.05, 4.69) is 25.2 Å². The van der Waals surface area contributed by atoms with Gasteiger partial charge in [0, 0.05) is 6.04 Å². The summed E-state index contributed by atoms with van der Waals surface area (Å²) < 4.78 is 0. The van der Waals surface area contributed by atoms with Crippen molar-refractivity contribution in [1.82, 2.24) is 5.32 Å². The molecule has 2 rings (SSSR count). The molecule has 2 saturated carbocycles. The second-order valence-corrected chi connectivity index (χ2v) is 7.46. The summed E-state index contributed by atoms with van der Waals surface area (Å²) in [6, 6.07) is 3.26. The van der Waals surface area contributed by atoms with Gasteiger partial charge in [0.25, 0.3) is 0 Å². The fraction of sp³-hybridized carbons (Fsp3) is 0.944. The Morgan fingerprint density at radius 2 is 1.65 bits per heavy atom. The zero-order chi connectivity index (χ0) is 14.4. The maximum absolute atomic E-state index is 9.78. The molecule has 2 nitrogen and oxygen atoms in total. The normalized spacial score (nSPS) is 33.4. The standard InChI is InChI=1S/C18H32N2/c1-15(2)16-8-7-12-18(14-19,13-11-16)20-17-9-5-3-4-6-10-17/h15-17,20H,3-13H2,1-2H3. The Bertz CT molecular complexity index is 323. The van der Waals surface area contributed by atoms with E-state index in [0.29, 0.717) is 6.04 Å². The predicted octanol–water partition coefficient (Wildman–Crippen LogP) is 4.80. The average molecular weight is 276 g/mol. The van der Waals surface area contributed by atoms with Crippen molar-refractivity contribution in [3.05, 3.63) is 0 Å². The van der Waals surface area contributed by atoms with E-state index < -0.39 is 0 Å². The minimum Gasteiger partial charge on any atom is -0.297 e. The van der Waals surface area contributed by atoms with Crippen molar-refractivity contribution in [1.29, 1.82) is 5.26 Å². The molecule has 2 aliphatic carbocycles. The Hall–Kier alpha value is -0.550. The van der Waals surface area contributed by atoms with E-state index in [1.54, 1.807) is 0 Å². The number of hydrogen-bond donors (Lipinski definition) is 1. The van der Waals surface area contributed by atoms with Crippen LogP contribution in [-0.4, -0.2) is 11.6 Å². The zero-order valence-corrected chi connectivity index (χ0v) is 13.5. The first-order chi connectivity index (χ1) is 9.65. The summed E-state index contributed by atoms with van der Waals surface area (Å²) in [5.41, 5.74) is -0.224. The van der Waals surface area contributed by atoms with Crippen molar-refractivity contribution < 1.29 is 0 Å². The molecule has 2 atom stereocenters. The van der Waals surface area contributed by atoms with Gasteiger partial charge < -0.3 is 0 Å². The lowest BCUT2D eigenvalue weighted by atomic mass is 9.86. The molecule has 0 aliphatic heterocycles. The van der Waals surface area contributed by atoms with Crippen LogP contribution in [0, 0.1) is 23.2 Å². The molecular formula is C18H32N2. The summed E-state index contributed by atoms with van der Waals surface area (Å²) >= 11 is 0. The van der Waals surface area contributed by atoms with Gasteiger partial charge in [-0.1, -0.05) is 52.4 Å². The predicted molar refractivity (Wildman–Crippen MR) is 84.4 cm³/mol. The van der Waals surface area contributed by atoms with Crippen molar-refractivity contribution in [3.63, 3.8) is 0 Å². The highest BCUT2D eigenvalue weighted by Crippen LogP contribution is 2.34. The summed E-state index contributed by atoms with van der Waals surface area (Å²) in [6.07, 6.45) is 13.9. The summed E-state index contributed by atoms with van der Waals surface area (Å²) in [5, 5.41) is 13.6. The Balaban J connectivity index is 1.96. The first kappa shape index (κ1) is 15.8. The van der Waals surface area contributed by atoms with Crippen LogP contribution in [0.15, 0.2) is 0 Å². The van der Waals surface area contributed by atoms with E-state index in [9.17, 15) is 5.26 Å². The lowest BCUT2D eigenvalue weighted by Crippen LogP contribution is -2.49. The van der Waals surface area contributed by atoms with Gasteiger partial charge in [-0.15, -0.1) is 0 Å². The van der Waals surface area contributed by atoms with Crippen molar-refractivity contribution in [2.45, 2.75) is 96.1 Å². The smallest absolute Gasteiger partial charge is 0.106 e. The highest BCUT2D eigenvalue weighted by Gasteiger charge is 2.35. The number of nitrogens with zero attached hydrogens (tertiary/aromatic N) is 1. The van der Waals surface area contributed by atoms with Crippen LogP contribution < -0.4 is 5.32 Å². The molecule has 0 heterocycles. The molecule has 0 aromatic rings. The van der Waals surface area contributed by atoms with E-state index in [0.717, 1.165) is 24.7 Å². The molecule has 0 saturated heterocycles. The van der Waals surface area contributed by atoms with Crippen LogP contribution in [0.4, 0.5) is 0 Å². The van der Waals surface area contributed by atoms with E-state index in [-0.39, 0.29) is 5.54 Å². The number of nitriles is 1. The lowest BCUT2D eigenvalue weighted by Gasteiger charge is -2.32. The quantitative estimate of drug-likeness (QED) is 0.752. The molecule has 2 fully saturated rings. The maximum atomic E-state index is 9.78. The molecule has 0 radical (unpaired) electrons. The molecule has 0 aromatic heterocycles. The first-order valence-corrected chi connectivity index (χ1v) is 8.84. The second-order valence-electron chi connectivity index (χ2n) is 7.46. The van der Waals surface area contributed by atoms with Crippen LogP contribution in [-0.2, 0) is 0 Å². The van der Waals surface area contributed by atoms with Crippen LogP contribution in [0.3, 0.4) is 0 Å². The molecule has 0 spiro atoms. The van der Waals surface area contributed by atoms with Crippen LogP contribution >= 0.6 is 0 Å². The van der Waals surface area contributed by atoms with Crippen LogP contribution in [0.1, 0.15) is 84.5 Å². The molecule has 2 unspecified atom stereocenters. The van der Waals surface area contributed by atoms with Crippen molar-refractivity contribution in [2.75, 3.05) is 0 Å². The maximum Gasteiger partial charge on any atom is 0.106 e. The molecule has 0 amide bonds. The molecule has 0 aromatic carbocycles. The monoisotopic (exact) mass is 276 g/mol. The van der Waals surface area contributed by atoms with Crippen molar-refractivity contribution >= 4 is 0 Å². The molecule has 20 heavy (non-hydrogen) atoms. The third-order valence-corrected chi connectivity index (χ3v) is 5.61. The molecule has 114 valence electrons. The van der Waals surface area contributed by atoms with Gasteiger partial charge in [-0.05, 0) is 43.9 Å². The second kappa shape index (κ2) is 7.46. The minimum absolute atomic E-state index is 0.224. The SMILES string of the molecule is CC(C)C1CCCC(C#N)(NC2CCCCCC2)CC1. The van der Waals surface area contributed by atoms with Gasteiger partial charge in [0.1, 0.15) is 5.54 Å². The number of nitrogens with one attached hydrogen (secondary N) is 1. The number of hydrogen-bond acceptors (Lipinski definition) is 2. The molecule has 2 heteroatoms. The van der Waals surface area contributed by atoms with Crippen LogP contribution in [0.5, 0.6) is 0 Å². The summed E-state index contributed by atoms with van der Waals surface area (Å²) in [6.45, 7) is 4.67. The molecule has 0 bridgehead atoms. The first-order valence-electron chi connectivity index (χ1n) is 8.84. The molecular weight excluding hydrogens is 244 g/mol. The van der Waals surface area contributed by atoms with E-state index >= 15 is 0 Å². The Morgan fingerprint density at radius 3 is 2.25 bits per heavy atom. The highest BCUT2D eigenvalue weighted by atomic mass is 15.0. The van der Waals surface area contributed by atoms with Gasteiger partial charge in [0.15, 0.2) is 0 Å². The van der Waals surface area contributed by atoms with Crippen LogP contribution in [0.25, 0.3) is 0 Å². The topological polar surface area (TPSA) is 35.8 Å². The third-order valence-electron chi connectivity index (χ3n) is 5.61. The van der Waals surface area contributed by atoms with E-state index in [1.807, 2.05) is 0 Å². The molecule has 2 aliphatic rings. The van der Waals surface area contributed by atoms with Gasteiger partial charge in [-0.2, -0.15) is 5.26 Å². The Labute approximate surface area is 125 Å². The van der Waals surface area contributed by atoms with Crippen molar-refractivity contribution in [3.8, 4) is 6.07 Å². The molecule has 1 N–H and O–H groups in total. The van der Waals surface area contributed by atoms with Gasteiger partial charge in [0.2, 0.25) is 0 Å². The Kier molecular flexibility index (Phi) is 5.90. The van der Waals surface area contributed by atoms with Gasteiger partial charge in [-0.25, -0.2) is 0 Å². The van der Waals surface area contributed by atoms with Gasteiger partial charge in [-0.3, -0.25) is 5.32 Å². The number of rotatable bonds is 3.